The molecule has 142 valence electrons. The van der Waals surface area contributed by atoms with Gasteiger partial charge in [-0.15, -0.1) is 11.3 Å². The van der Waals surface area contributed by atoms with Crippen LogP contribution in [0.2, 0.25) is 0 Å². The average Bonchev–Trinajstić information content (AvgIpc) is 3.31. The number of aliphatic hydroxyl groups is 1. The molecule has 3 heterocycles. The molecule has 0 spiro atoms. The van der Waals surface area contributed by atoms with Gasteiger partial charge in [0.2, 0.25) is 0 Å². The summed E-state index contributed by atoms with van der Waals surface area (Å²) in [6.45, 7) is 6.68. The number of nitrogens with zero attached hydrogens (tertiary/aromatic N) is 4. The standard InChI is InChI=1S/C19H28N4O2S/c1-13-15(14(2)23(20-13)10-11-24)12-22-9-5-6-16(22)17-7-8-18(26-17)19(25)21(3)4/h7-8,16,24H,5-6,9-12H2,1-4H3/t16-/m1/s1. The first-order valence-corrected chi connectivity index (χ1v) is 9.93. The lowest BCUT2D eigenvalue weighted by atomic mass is 10.1. The number of aliphatic hydroxyl groups excluding tert-OH is 1. The molecule has 0 aromatic carbocycles. The molecule has 0 bridgehead atoms. The van der Waals surface area contributed by atoms with E-state index in [1.807, 2.05) is 17.7 Å². The van der Waals surface area contributed by atoms with E-state index in [1.165, 1.54) is 16.9 Å². The summed E-state index contributed by atoms with van der Waals surface area (Å²) in [6, 6.07) is 4.43. The third kappa shape index (κ3) is 3.70. The molecule has 1 aliphatic heterocycles. The molecule has 1 saturated heterocycles. The SMILES string of the molecule is Cc1nn(CCO)c(C)c1CN1CCC[C@@H]1c1ccc(C(=O)N(C)C)s1. The van der Waals surface area contributed by atoms with Crippen LogP contribution in [-0.2, 0) is 13.1 Å². The Labute approximate surface area is 159 Å². The van der Waals surface area contributed by atoms with Crippen molar-refractivity contribution in [2.45, 2.75) is 45.8 Å². The Hall–Kier alpha value is -1.70. The van der Waals surface area contributed by atoms with Gasteiger partial charge in [-0.2, -0.15) is 5.10 Å². The van der Waals surface area contributed by atoms with E-state index in [-0.39, 0.29) is 12.5 Å². The van der Waals surface area contributed by atoms with Crippen LogP contribution in [0.5, 0.6) is 0 Å². The summed E-state index contributed by atoms with van der Waals surface area (Å²) in [7, 11) is 3.58. The topological polar surface area (TPSA) is 61.6 Å². The molecule has 1 atom stereocenters. The van der Waals surface area contributed by atoms with Gasteiger partial charge in [-0.25, -0.2) is 0 Å². The zero-order valence-corrected chi connectivity index (χ0v) is 16.8. The number of rotatable bonds is 6. The number of aryl methyl sites for hydroxylation is 1. The van der Waals surface area contributed by atoms with Crippen LogP contribution in [-0.4, -0.2) is 57.8 Å². The molecule has 0 aliphatic carbocycles. The van der Waals surface area contributed by atoms with E-state index in [1.54, 1.807) is 30.3 Å². The Balaban J connectivity index is 1.78. The van der Waals surface area contributed by atoms with E-state index in [0.29, 0.717) is 12.6 Å². The highest BCUT2D eigenvalue weighted by Crippen LogP contribution is 2.37. The van der Waals surface area contributed by atoms with E-state index < -0.39 is 0 Å². The minimum Gasteiger partial charge on any atom is -0.394 e. The van der Waals surface area contributed by atoms with Crippen LogP contribution in [0, 0.1) is 13.8 Å². The molecule has 26 heavy (non-hydrogen) atoms. The second-order valence-corrected chi connectivity index (χ2v) is 8.24. The van der Waals surface area contributed by atoms with Crippen LogP contribution in [0.1, 0.15) is 50.4 Å². The second-order valence-electron chi connectivity index (χ2n) is 7.13. The van der Waals surface area contributed by atoms with Crippen molar-refractivity contribution in [1.82, 2.24) is 19.6 Å². The fraction of sp³-hybridized carbons (Fsp3) is 0.579. The predicted molar refractivity (Wildman–Crippen MR) is 104 cm³/mol. The lowest BCUT2D eigenvalue weighted by Gasteiger charge is -2.24. The lowest BCUT2D eigenvalue weighted by molar-refractivity contribution is 0.0832. The smallest absolute Gasteiger partial charge is 0.263 e. The van der Waals surface area contributed by atoms with Crippen molar-refractivity contribution in [3.05, 3.63) is 38.8 Å². The van der Waals surface area contributed by atoms with Crippen LogP contribution < -0.4 is 0 Å². The summed E-state index contributed by atoms with van der Waals surface area (Å²) in [4.78, 5) is 18.4. The Morgan fingerprint density at radius 3 is 2.85 bits per heavy atom. The zero-order chi connectivity index (χ0) is 18.8. The van der Waals surface area contributed by atoms with Gasteiger partial charge in [-0.3, -0.25) is 14.4 Å². The molecule has 7 heteroatoms. The van der Waals surface area contributed by atoms with Crippen molar-refractivity contribution in [2.24, 2.45) is 0 Å². The number of likely N-dealkylation sites (tertiary alicyclic amines) is 1. The monoisotopic (exact) mass is 376 g/mol. The number of carbonyl (C=O) groups excluding carboxylic acids is 1. The normalized spacial score (nSPS) is 17.8. The highest BCUT2D eigenvalue weighted by molar-refractivity contribution is 7.14. The van der Waals surface area contributed by atoms with Crippen LogP contribution in [0.4, 0.5) is 0 Å². The van der Waals surface area contributed by atoms with E-state index in [4.69, 9.17) is 0 Å². The summed E-state index contributed by atoms with van der Waals surface area (Å²) in [5.74, 6) is 0.0720. The molecule has 2 aromatic rings. The molecular formula is C19H28N4O2S. The molecule has 1 fully saturated rings. The van der Waals surface area contributed by atoms with Gasteiger partial charge in [0, 0.05) is 42.8 Å². The van der Waals surface area contributed by atoms with Crippen LogP contribution in [0.25, 0.3) is 0 Å². The Kier molecular flexibility index (Phi) is 5.79. The minimum absolute atomic E-state index is 0.0720. The van der Waals surface area contributed by atoms with Crippen molar-refractivity contribution in [3.8, 4) is 0 Å². The molecule has 0 unspecified atom stereocenters. The van der Waals surface area contributed by atoms with Crippen molar-refractivity contribution in [3.63, 3.8) is 0 Å². The van der Waals surface area contributed by atoms with Crippen LogP contribution in [0.3, 0.4) is 0 Å². The van der Waals surface area contributed by atoms with Crippen molar-refractivity contribution < 1.29 is 9.90 Å². The minimum atomic E-state index is 0.0720. The van der Waals surface area contributed by atoms with Gasteiger partial charge < -0.3 is 10.0 Å². The number of hydrogen-bond donors (Lipinski definition) is 1. The molecule has 2 aromatic heterocycles. The second kappa shape index (κ2) is 7.90. The summed E-state index contributed by atoms with van der Waals surface area (Å²) >= 11 is 1.62. The molecule has 1 amide bonds. The summed E-state index contributed by atoms with van der Waals surface area (Å²) < 4.78 is 1.90. The van der Waals surface area contributed by atoms with Gasteiger partial charge in [0.25, 0.3) is 5.91 Å². The van der Waals surface area contributed by atoms with Gasteiger partial charge in [0.1, 0.15) is 0 Å². The fourth-order valence-electron chi connectivity index (χ4n) is 3.68. The first-order chi connectivity index (χ1) is 12.4. The molecule has 0 radical (unpaired) electrons. The van der Waals surface area contributed by atoms with E-state index >= 15 is 0 Å². The zero-order valence-electron chi connectivity index (χ0n) is 16.0. The van der Waals surface area contributed by atoms with Gasteiger partial charge in [0.05, 0.1) is 23.7 Å². The maximum absolute atomic E-state index is 12.2. The van der Waals surface area contributed by atoms with Gasteiger partial charge in [-0.05, 0) is 45.4 Å². The third-order valence-electron chi connectivity index (χ3n) is 5.14. The Morgan fingerprint density at radius 1 is 1.38 bits per heavy atom. The van der Waals surface area contributed by atoms with Crippen LogP contribution >= 0.6 is 11.3 Å². The first-order valence-electron chi connectivity index (χ1n) is 9.11. The predicted octanol–water partition coefficient (Wildman–Crippen LogP) is 2.59. The van der Waals surface area contributed by atoms with Gasteiger partial charge >= 0.3 is 0 Å². The highest BCUT2D eigenvalue weighted by atomic mass is 32.1. The quantitative estimate of drug-likeness (QED) is 0.842. The van der Waals surface area contributed by atoms with E-state index in [2.05, 4.69) is 23.0 Å². The van der Waals surface area contributed by atoms with Crippen molar-refractivity contribution in [1.29, 1.82) is 0 Å². The van der Waals surface area contributed by atoms with Gasteiger partial charge in [0.15, 0.2) is 0 Å². The average molecular weight is 377 g/mol. The summed E-state index contributed by atoms with van der Waals surface area (Å²) in [6.07, 6.45) is 2.29. The number of hydrogen-bond acceptors (Lipinski definition) is 5. The maximum atomic E-state index is 12.2. The molecule has 1 N–H and O–H groups in total. The van der Waals surface area contributed by atoms with Gasteiger partial charge in [-0.1, -0.05) is 0 Å². The Bertz CT molecular complexity index is 781. The van der Waals surface area contributed by atoms with E-state index in [9.17, 15) is 9.90 Å². The molecule has 0 saturated carbocycles. The maximum Gasteiger partial charge on any atom is 0.263 e. The first kappa shape index (κ1) is 19.1. The number of thiophene rings is 1. The molecule has 3 rings (SSSR count). The lowest BCUT2D eigenvalue weighted by Crippen LogP contribution is -2.23. The molecule has 1 aliphatic rings. The largest absolute Gasteiger partial charge is 0.394 e. The summed E-state index contributed by atoms with van der Waals surface area (Å²) in [5.41, 5.74) is 3.43. The molecular weight excluding hydrogens is 348 g/mol. The van der Waals surface area contributed by atoms with Crippen molar-refractivity contribution >= 4 is 17.2 Å². The van der Waals surface area contributed by atoms with Crippen molar-refractivity contribution in [2.75, 3.05) is 27.2 Å². The third-order valence-corrected chi connectivity index (χ3v) is 6.31. The number of aromatic nitrogens is 2. The van der Waals surface area contributed by atoms with E-state index in [0.717, 1.165) is 35.8 Å². The fourth-order valence-corrected chi connectivity index (χ4v) is 4.88. The Morgan fingerprint density at radius 2 is 2.15 bits per heavy atom. The highest BCUT2D eigenvalue weighted by Gasteiger charge is 2.29. The summed E-state index contributed by atoms with van der Waals surface area (Å²) in [5, 5.41) is 13.8. The number of carbonyl (C=O) groups is 1. The number of amides is 1. The van der Waals surface area contributed by atoms with Crippen LogP contribution in [0.15, 0.2) is 12.1 Å². The molecule has 6 nitrogen and oxygen atoms in total.